The summed E-state index contributed by atoms with van der Waals surface area (Å²) in [5, 5.41) is 0. The van der Waals surface area contributed by atoms with E-state index in [0.29, 0.717) is 37.4 Å². The maximum Gasteiger partial charge on any atom is 0.261 e. The highest BCUT2D eigenvalue weighted by molar-refractivity contribution is 7.92. The smallest absolute Gasteiger partial charge is 0.261 e. The standard InChI is InChI=1S/C26H29N3O4S/c1-19-8-12-22(13-9-19)34(31,32)27-23-18-21(11-10-20(23)2)26(30)29-16-14-28(15-17-29)24-6-4-5-7-25(24)33-3/h4-13,18,27H,14-17H2,1-3H3. The number of hydrogen-bond donors (Lipinski definition) is 1. The molecule has 1 aliphatic rings. The normalized spacial score (nSPS) is 14.1. The number of para-hydroxylation sites is 2. The molecule has 3 aromatic rings. The van der Waals surface area contributed by atoms with Crippen molar-refractivity contribution in [2.75, 3.05) is 42.9 Å². The fourth-order valence-electron chi connectivity index (χ4n) is 4.01. The monoisotopic (exact) mass is 479 g/mol. The fourth-order valence-corrected chi connectivity index (χ4v) is 5.13. The minimum Gasteiger partial charge on any atom is -0.495 e. The molecule has 0 spiro atoms. The first-order chi connectivity index (χ1) is 16.3. The minimum atomic E-state index is -3.76. The van der Waals surface area contributed by atoms with E-state index in [2.05, 4.69) is 9.62 Å². The first-order valence-corrected chi connectivity index (χ1v) is 12.6. The van der Waals surface area contributed by atoms with Crippen LogP contribution in [0.3, 0.4) is 0 Å². The highest BCUT2D eigenvalue weighted by atomic mass is 32.2. The lowest BCUT2D eigenvalue weighted by molar-refractivity contribution is 0.0746. The van der Waals surface area contributed by atoms with Crippen LogP contribution in [0.4, 0.5) is 11.4 Å². The number of aryl methyl sites for hydroxylation is 2. The molecule has 1 heterocycles. The van der Waals surface area contributed by atoms with Gasteiger partial charge in [-0.1, -0.05) is 35.9 Å². The molecule has 0 radical (unpaired) electrons. The molecule has 7 nitrogen and oxygen atoms in total. The third-order valence-corrected chi connectivity index (χ3v) is 7.43. The number of anilines is 2. The van der Waals surface area contributed by atoms with Crippen molar-refractivity contribution in [1.82, 2.24) is 4.90 Å². The van der Waals surface area contributed by atoms with Crippen molar-refractivity contribution in [3.63, 3.8) is 0 Å². The summed E-state index contributed by atoms with van der Waals surface area (Å²) in [6, 6.07) is 19.6. The topological polar surface area (TPSA) is 79.0 Å². The van der Waals surface area contributed by atoms with Gasteiger partial charge in [0.15, 0.2) is 0 Å². The first kappa shape index (κ1) is 23.6. The maximum atomic E-state index is 13.2. The number of hydrogen-bond acceptors (Lipinski definition) is 5. The van der Waals surface area contributed by atoms with Crippen molar-refractivity contribution in [2.45, 2.75) is 18.7 Å². The largest absolute Gasteiger partial charge is 0.495 e. The summed E-state index contributed by atoms with van der Waals surface area (Å²) >= 11 is 0. The van der Waals surface area contributed by atoms with E-state index >= 15 is 0 Å². The Balaban J connectivity index is 1.47. The second-order valence-corrected chi connectivity index (χ2v) is 10.1. The van der Waals surface area contributed by atoms with Gasteiger partial charge in [-0.25, -0.2) is 8.42 Å². The molecular formula is C26H29N3O4S. The molecule has 3 aromatic carbocycles. The second-order valence-electron chi connectivity index (χ2n) is 8.40. The molecule has 0 saturated carbocycles. The predicted octanol–water partition coefficient (Wildman–Crippen LogP) is 4.08. The number of amides is 1. The average Bonchev–Trinajstić information content (AvgIpc) is 2.85. The highest BCUT2D eigenvalue weighted by Crippen LogP contribution is 2.29. The molecule has 34 heavy (non-hydrogen) atoms. The average molecular weight is 480 g/mol. The van der Waals surface area contributed by atoms with E-state index in [1.807, 2.05) is 38.1 Å². The van der Waals surface area contributed by atoms with E-state index in [9.17, 15) is 13.2 Å². The first-order valence-electron chi connectivity index (χ1n) is 11.2. The zero-order chi connectivity index (χ0) is 24.3. The van der Waals surface area contributed by atoms with E-state index in [1.165, 1.54) is 0 Å². The van der Waals surface area contributed by atoms with Crippen molar-refractivity contribution >= 4 is 27.3 Å². The lowest BCUT2D eigenvalue weighted by Gasteiger charge is -2.36. The molecule has 1 fully saturated rings. The molecule has 8 heteroatoms. The number of nitrogens with zero attached hydrogens (tertiary/aromatic N) is 2. The third-order valence-electron chi connectivity index (χ3n) is 6.05. The van der Waals surface area contributed by atoms with Crippen LogP contribution >= 0.6 is 0 Å². The number of nitrogens with one attached hydrogen (secondary N) is 1. The highest BCUT2D eigenvalue weighted by Gasteiger charge is 2.24. The van der Waals surface area contributed by atoms with Gasteiger partial charge in [-0.15, -0.1) is 0 Å². The molecule has 1 N–H and O–H groups in total. The third kappa shape index (κ3) is 5.02. The summed E-state index contributed by atoms with van der Waals surface area (Å²) in [6.07, 6.45) is 0. The van der Waals surface area contributed by atoms with Gasteiger partial charge in [-0.05, 0) is 55.8 Å². The Bertz CT molecular complexity index is 1280. The van der Waals surface area contributed by atoms with Gasteiger partial charge in [0, 0.05) is 31.7 Å². The Morgan fingerprint density at radius 1 is 0.912 bits per heavy atom. The van der Waals surface area contributed by atoms with Crippen molar-refractivity contribution < 1.29 is 17.9 Å². The van der Waals surface area contributed by atoms with E-state index in [0.717, 1.165) is 22.6 Å². The van der Waals surface area contributed by atoms with Crippen molar-refractivity contribution in [2.24, 2.45) is 0 Å². The number of carbonyl (C=O) groups excluding carboxylic acids is 1. The summed E-state index contributed by atoms with van der Waals surface area (Å²) < 4.78 is 33.8. The van der Waals surface area contributed by atoms with E-state index in [4.69, 9.17) is 4.74 Å². The minimum absolute atomic E-state index is 0.115. The van der Waals surface area contributed by atoms with Crippen LogP contribution < -0.4 is 14.4 Å². The summed E-state index contributed by atoms with van der Waals surface area (Å²) in [7, 11) is -2.10. The van der Waals surface area contributed by atoms with E-state index < -0.39 is 10.0 Å². The lowest BCUT2D eigenvalue weighted by Crippen LogP contribution is -2.48. The van der Waals surface area contributed by atoms with Crippen LogP contribution in [0.2, 0.25) is 0 Å². The maximum absolute atomic E-state index is 13.2. The number of sulfonamides is 1. The van der Waals surface area contributed by atoms with Gasteiger partial charge in [-0.2, -0.15) is 0 Å². The molecule has 0 unspecified atom stereocenters. The van der Waals surface area contributed by atoms with Gasteiger partial charge >= 0.3 is 0 Å². The number of ether oxygens (including phenoxy) is 1. The molecule has 1 aliphatic heterocycles. The number of rotatable bonds is 6. The zero-order valence-corrected chi connectivity index (χ0v) is 20.4. The van der Waals surface area contributed by atoms with Crippen LogP contribution in [0.1, 0.15) is 21.5 Å². The second kappa shape index (κ2) is 9.77. The SMILES string of the molecule is COc1ccccc1N1CCN(C(=O)c2ccc(C)c(NS(=O)(=O)c3ccc(C)cc3)c2)CC1. The summed E-state index contributed by atoms with van der Waals surface area (Å²) in [5.41, 5.74) is 3.60. The van der Waals surface area contributed by atoms with Crippen molar-refractivity contribution in [3.8, 4) is 5.75 Å². The van der Waals surface area contributed by atoms with Crippen molar-refractivity contribution in [1.29, 1.82) is 0 Å². The molecule has 1 amide bonds. The van der Waals surface area contributed by atoms with Gasteiger partial charge in [0.25, 0.3) is 15.9 Å². The predicted molar refractivity (Wildman–Crippen MR) is 134 cm³/mol. The summed E-state index contributed by atoms with van der Waals surface area (Å²) in [6.45, 7) is 6.21. The summed E-state index contributed by atoms with van der Waals surface area (Å²) in [5.74, 6) is 0.696. The zero-order valence-electron chi connectivity index (χ0n) is 19.6. The molecule has 0 aliphatic carbocycles. The summed E-state index contributed by atoms with van der Waals surface area (Å²) in [4.78, 5) is 17.4. The van der Waals surface area contributed by atoms with Gasteiger partial charge < -0.3 is 14.5 Å². The van der Waals surface area contributed by atoms with E-state index in [1.54, 1.807) is 54.5 Å². The Hall–Kier alpha value is -3.52. The Labute approximate surface area is 201 Å². The van der Waals surface area contributed by atoms with Crippen LogP contribution in [-0.2, 0) is 10.0 Å². The van der Waals surface area contributed by atoms with Crippen LogP contribution in [0.25, 0.3) is 0 Å². The Morgan fingerprint density at radius 3 is 2.26 bits per heavy atom. The number of carbonyl (C=O) groups is 1. The lowest BCUT2D eigenvalue weighted by atomic mass is 10.1. The van der Waals surface area contributed by atoms with Crippen LogP contribution in [0.15, 0.2) is 71.6 Å². The van der Waals surface area contributed by atoms with Crippen LogP contribution in [0.5, 0.6) is 5.75 Å². The van der Waals surface area contributed by atoms with Gasteiger partial charge in [-0.3, -0.25) is 9.52 Å². The molecule has 178 valence electrons. The number of methoxy groups -OCH3 is 1. The van der Waals surface area contributed by atoms with Gasteiger partial charge in [0.2, 0.25) is 0 Å². The fraction of sp³-hybridized carbons (Fsp3) is 0.269. The Morgan fingerprint density at radius 2 is 1.59 bits per heavy atom. The van der Waals surface area contributed by atoms with Gasteiger partial charge in [0.05, 0.1) is 23.4 Å². The molecular weight excluding hydrogens is 450 g/mol. The quantitative estimate of drug-likeness (QED) is 0.577. The Kier molecular flexibility index (Phi) is 6.79. The van der Waals surface area contributed by atoms with Crippen LogP contribution in [-0.4, -0.2) is 52.5 Å². The van der Waals surface area contributed by atoms with Crippen LogP contribution in [0, 0.1) is 13.8 Å². The van der Waals surface area contributed by atoms with Crippen molar-refractivity contribution in [3.05, 3.63) is 83.4 Å². The molecule has 0 aromatic heterocycles. The molecule has 0 atom stereocenters. The number of benzene rings is 3. The number of piperazine rings is 1. The van der Waals surface area contributed by atoms with Gasteiger partial charge in [0.1, 0.15) is 5.75 Å². The molecule has 0 bridgehead atoms. The molecule has 4 rings (SSSR count). The molecule has 1 saturated heterocycles. The van der Waals surface area contributed by atoms with E-state index in [-0.39, 0.29) is 10.8 Å².